The Morgan fingerprint density at radius 2 is 1.73 bits per heavy atom. The lowest BCUT2D eigenvalue weighted by atomic mass is 10.1. The zero-order valence-corrected chi connectivity index (χ0v) is 19.4. The Labute approximate surface area is 198 Å². The second kappa shape index (κ2) is 9.01. The van der Waals surface area contributed by atoms with Crippen molar-refractivity contribution >= 4 is 49.6 Å². The summed E-state index contributed by atoms with van der Waals surface area (Å²) < 4.78 is 5.48. The van der Waals surface area contributed by atoms with Crippen LogP contribution < -0.4 is 15.8 Å². The Hall–Kier alpha value is -3.75. The van der Waals surface area contributed by atoms with Crippen molar-refractivity contribution in [2.45, 2.75) is 6.92 Å². The van der Waals surface area contributed by atoms with Gasteiger partial charge in [0.2, 0.25) is 0 Å². The molecule has 2 aromatic carbocycles. The van der Waals surface area contributed by atoms with E-state index in [0.29, 0.717) is 22.3 Å². The first-order valence-corrected chi connectivity index (χ1v) is 12.1. The molecule has 0 unspecified atom stereocenters. The van der Waals surface area contributed by atoms with E-state index >= 15 is 0 Å². The minimum Gasteiger partial charge on any atom is -0.494 e. The number of nitrogens with one attached hydrogen (secondary N) is 1. The number of hydrogen-bond donors (Lipinski definition) is 2. The minimum atomic E-state index is -0.288. The molecule has 1 amide bonds. The van der Waals surface area contributed by atoms with Gasteiger partial charge >= 0.3 is 0 Å². The summed E-state index contributed by atoms with van der Waals surface area (Å²) in [4.78, 5) is 23.4. The van der Waals surface area contributed by atoms with E-state index in [1.54, 1.807) is 0 Å². The third-order valence-corrected chi connectivity index (χ3v) is 6.93. The SMILES string of the molecule is CCOc1ccc(-c2csc(NC(=O)c3sc4nc(-c5ccccc5)ccc4c3N)n2)cc1. The summed E-state index contributed by atoms with van der Waals surface area (Å²) in [5.41, 5.74) is 10.3. The third-order valence-electron chi connectivity index (χ3n) is 5.06. The maximum absolute atomic E-state index is 13.0. The highest BCUT2D eigenvalue weighted by molar-refractivity contribution is 7.21. The van der Waals surface area contributed by atoms with E-state index in [0.717, 1.165) is 38.5 Å². The van der Waals surface area contributed by atoms with Crippen LogP contribution in [0.3, 0.4) is 0 Å². The second-order valence-electron chi connectivity index (χ2n) is 7.21. The number of nitrogens with zero attached hydrogens (tertiary/aromatic N) is 2. The predicted molar refractivity (Wildman–Crippen MR) is 136 cm³/mol. The lowest BCUT2D eigenvalue weighted by Gasteiger charge is -2.03. The fraction of sp³-hybridized carbons (Fsp3) is 0.0800. The van der Waals surface area contributed by atoms with Gasteiger partial charge in [-0.15, -0.1) is 22.7 Å². The number of anilines is 2. The molecule has 3 heterocycles. The molecule has 0 spiro atoms. The number of pyridine rings is 1. The number of thiazole rings is 1. The molecular formula is C25H20N4O2S2. The number of amides is 1. The number of hydrogen-bond acceptors (Lipinski definition) is 7. The second-order valence-corrected chi connectivity index (χ2v) is 9.07. The molecule has 0 radical (unpaired) electrons. The van der Waals surface area contributed by atoms with Crippen LogP contribution in [0.4, 0.5) is 10.8 Å². The number of nitrogens with two attached hydrogens (primary N) is 1. The predicted octanol–water partition coefficient (Wildman–Crippen LogP) is 6.32. The van der Waals surface area contributed by atoms with Crippen LogP contribution in [-0.2, 0) is 0 Å². The first kappa shape index (κ1) is 21.1. The van der Waals surface area contributed by atoms with Crippen molar-refractivity contribution in [3.05, 3.63) is 77.0 Å². The standard InChI is InChI=1S/C25H20N4O2S2/c1-2-31-17-10-8-16(9-11-17)20-14-32-25(28-20)29-23(30)22-21(26)18-12-13-19(27-24(18)33-22)15-6-4-3-5-7-15/h3-14H,2,26H2,1H3,(H,28,29,30). The van der Waals surface area contributed by atoms with Crippen molar-refractivity contribution in [3.8, 4) is 28.3 Å². The van der Waals surface area contributed by atoms with E-state index in [1.165, 1.54) is 22.7 Å². The summed E-state index contributed by atoms with van der Waals surface area (Å²) in [6.07, 6.45) is 0. The van der Waals surface area contributed by atoms with Gasteiger partial charge in [-0.2, -0.15) is 0 Å². The molecule has 5 rings (SSSR count). The van der Waals surface area contributed by atoms with E-state index in [2.05, 4.69) is 10.3 Å². The van der Waals surface area contributed by atoms with Crippen LogP contribution in [-0.4, -0.2) is 22.5 Å². The maximum Gasteiger partial charge on any atom is 0.269 e. The van der Waals surface area contributed by atoms with Gasteiger partial charge in [0.25, 0.3) is 5.91 Å². The summed E-state index contributed by atoms with van der Waals surface area (Å²) in [7, 11) is 0. The van der Waals surface area contributed by atoms with E-state index < -0.39 is 0 Å². The van der Waals surface area contributed by atoms with Gasteiger partial charge in [0.05, 0.1) is 23.7 Å². The molecule has 0 saturated heterocycles. The summed E-state index contributed by atoms with van der Waals surface area (Å²) >= 11 is 2.65. The number of benzene rings is 2. The fourth-order valence-electron chi connectivity index (χ4n) is 3.44. The van der Waals surface area contributed by atoms with Gasteiger partial charge in [0, 0.05) is 21.9 Å². The minimum absolute atomic E-state index is 0.288. The highest BCUT2D eigenvalue weighted by Crippen LogP contribution is 2.35. The Bertz CT molecular complexity index is 1430. The average molecular weight is 473 g/mol. The molecule has 0 fully saturated rings. The Balaban J connectivity index is 1.36. The molecule has 3 aromatic heterocycles. The molecule has 6 nitrogen and oxygen atoms in total. The molecular weight excluding hydrogens is 452 g/mol. The van der Waals surface area contributed by atoms with Gasteiger partial charge < -0.3 is 10.5 Å². The number of nitrogen functional groups attached to an aromatic ring is 1. The molecule has 33 heavy (non-hydrogen) atoms. The van der Waals surface area contributed by atoms with Gasteiger partial charge in [-0.3, -0.25) is 10.1 Å². The van der Waals surface area contributed by atoms with Crippen molar-refractivity contribution in [1.29, 1.82) is 0 Å². The molecule has 0 saturated carbocycles. The number of rotatable bonds is 6. The van der Waals surface area contributed by atoms with Crippen LogP contribution in [0.2, 0.25) is 0 Å². The average Bonchev–Trinajstić information content (AvgIpc) is 3.44. The van der Waals surface area contributed by atoms with Gasteiger partial charge in [-0.1, -0.05) is 30.3 Å². The van der Waals surface area contributed by atoms with E-state index in [1.807, 2.05) is 79.0 Å². The third kappa shape index (κ3) is 4.30. The van der Waals surface area contributed by atoms with E-state index in [9.17, 15) is 4.79 Å². The zero-order chi connectivity index (χ0) is 22.8. The normalized spacial score (nSPS) is 10.9. The highest BCUT2D eigenvalue weighted by Gasteiger charge is 2.19. The molecule has 0 aliphatic carbocycles. The largest absolute Gasteiger partial charge is 0.494 e. The van der Waals surface area contributed by atoms with Crippen molar-refractivity contribution in [2.24, 2.45) is 0 Å². The summed E-state index contributed by atoms with van der Waals surface area (Å²) in [5, 5.41) is 6.07. The zero-order valence-electron chi connectivity index (χ0n) is 17.7. The summed E-state index contributed by atoms with van der Waals surface area (Å²) in [5.74, 6) is 0.527. The smallest absolute Gasteiger partial charge is 0.269 e. The summed E-state index contributed by atoms with van der Waals surface area (Å²) in [6, 6.07) is 21.5. The maximum atomic E-state index is 13.0. The molecule has 3 N–H and O–H groups in total. The number of carbonyl (C=O) groups excluding carboxylic acids is 1. The van der Waals surface area contributed by atoms with Crippen LogP contribution in [0.5, 0.6) is 5.75 Å². The molecule has 0 atom stereocenters. The molecule has 164 valence electrons. The molecule has 8 heteroatoms. The summed E-state index contributed by atoms with van der Waals surface area (Å²) in [6.45, 7) is 2.57. The molecule has 0 aliphatic heterocycles. The lowest BCUT2D eigenvalue weighted by Crippen LogP contribution is -2.11. The van der Waals surface area contributed by atoms with Crippen molar-refractivity contribution in [1.82, 2.24) is 9.97 Å². The van der Waals surface area contributed by atoms with E-state index in [-0.39, 0.29) is 5.91 Å². The Kier molecular flexibility index (Phi) is 5.77. The van der Waals surface area contributed by atoms with Gasteiger partial charge in [0.1, 0.15) is 15.5 Å². The Morgan fingerprint density at radius 3 is 2.48 bits per heavy atom. The van der Waals surface area contributed by atoms with Gasteiger partial charge in [0.15, 0.2) is 5.13 Å². The first-order chi connectivity index (χ1) is 16.1. The van der Waals surface area contributed by atoms with E-state index in [4.69, 9.17) is 15.5 Å². The van der Waals surface area contributed by atoms with Crippen molar-refractivity contribution < 1.29 is 9.53 Å². The fourth-order valence-corrected chi connectivity index (χ4v) is 5.15. The van der Waals surface area contributed by atoms with Crippen LogP contribution in [0, 0.1) is 0 Å². The number of aromatic nitrogens is 2. The number of fused-ring (bicyclic) bond motifs is 1. The molecule has 0 bridgehead atoms. The van der Waals surface area contributed by atoms with Crippen LogP contribution >= 0.6 is 22.7 Å². The topological polar surface area (TPSA) is 90.1 Å². The van der Waals surface area contributed by atoms with Crippen molar-refractivity contribution in [3.63, 3.8) is 0 Å². The number of carbonyl (C=O) groups is 1. The first-order valence-electron chi connectivity index (χ1n) is 10.4. The molecule has 0 aliphatic rings. The van der Waals surface area contributed by atoms with Gasteiger partial charge in [-0.05, 0) is 43.3 Å². The van der Waals surface area contributed by atoms with Crippen LogP contribution in [0.25, 0.3) is 32.7 Å². The van der Waals surface area contributed by atoms with Gasteiger partial charge in [-0.25, -0.2) is 9.97 Å². The quantitative estimate of drug-likeness (QED) is 0.302. The van der Waals surface area contributed by atoms with Crippen LogP contribution in [0.1, 0.15) is 16.6 Å². The molecule has 5 aromatic rings. The highest BCUT2D eigenvalue weighted by atomic mass is 32.1. The number of ether oxygens (including phenoxy) is 1. The van der Waals surface area contributed by atoms with Crippen molar-refractivity contribution in [2.75, 3.05) is 17.7 Å². The Morgan fingerprint density at radius 1 is 0.970 bits per heavy atom. The number of thiophene rings is 1. The van der Waals surface area contributed by atoms with Crippen LogP contribution in [0.15, 0.2) is 72.1 Å². The monoisotopic (exact) mass is 472 g/mol. The lowest BCUT2D eigenvalue weighted by molar-refractivity contribution is 0.103.